The molecule has 0 fully saturated rings. The van der Waals surface area contributed by atoms with E-state index >= 15 is 0 Å². The molecule has 1 amide bonds. The Balaban J connectivity index is 1.87. The van der Waals surface area contributed by atoms with Crippen LogP contribution in [0.4, 0.5) is 10.1 Å². The van der Waals surface area contributed by atoms with Crippen LogP contribution in [0.2, 0.25) is 0 Å². The molecule has 0 spiro atoms. The van der Waals surface area contributed by atoms with E-state index in [-0.39, 0.29) is 11.7 Å². The van der Waals surface area contributed by atoms with E-state index in [4.69, 9.17) is 4.74 Å². The number of amides is 1. The van der Waals surface area contributed by atoms with E-state index in [1.807, 2.05) is 24.3 Å². The lowest BCUT2D eigenvalue weighted by Crippen LogP contribution is -2.17. The van der Waals surface area contributed by atoms with Crippen molar-refractivity contribution in [2.24, 2.45) is 0 Å². The minimum Gasteiger partial charge on any atom is -0.380 e. The highest BCUT2D eigenvalue weighted by Gasteiger charge is 2.14. The van der Waals surface area contributed by atoms with Crippen LogP contribution in [0.3, 0.4) is 0 Å². The fourth-order valence-electron chi connectivity index (χ4n) is 2.38. The number of anilines is 1. The van der Waals surface area contributed by atoms with Gasteiger partial charge in [0, 0.05) is 24.0 Å². The van der Waals surface area contributed by atoms with Gasteiger partial charge < -0.3 is 10.1 Å². The largest absolute Gasteiger partial charge is 0.380 e. The first kappa shape index (κ1) is 15.9. The van der Waals surface area contributed by atoms with Gasteiger partial charge in [-0.2, -0.15) is 0 Å². The van der Waals surface area contributed by atoms with Gasteiger partial charge in [0.1, 0.15) is 11.5 Å². The standard InChI is InChI=1S/C18H16FN3O2/c1-24-11-13-4-2-3-5-16(13)21-18(23)17-10-20-12-22(17)15-8-6-14(19)7-9-15/h2-10,12H,11H2,1H3,(H,21,23). The minimum atomic E-state index is -0.335. The van der Waals surface area contributed by atoms with Crippen molar-refractivity contribution in [3.63, 3.8) is 0 Å². The number of rotatable bonds is 5. The molecule has 0 aliphatic heterocycles. The molecular formula is C18H16FN3O2. The molecule has 0 radical (unpaired) electrons. The number of nitrogens with zero attached hydrogens (tertiary/aromatic N) is 2. The molecule has 0 atom stereocenters. The van der Waals surface area contributed by atoms with Gasteiger partial charge >= 0.3 is 0 Å². The number of imidazole rings is 1. The summed E-state index contributed by atoms with van der Waals surface area (Å²) in [5, 5.41) is 2.87. The van der Waals surface area contributed by atoms with Crippen LogP contribution in [-0.4, -0.2) is 22.6 Å². The summed E-state index contributed by atoms with van der Waals surface area (Å²) in [5.41, 5.74) is 2.57. The van der Waals surface area contributed by atoms with Crippen molar-refractivity contribution in [1.82, 2.24) is 9.55 Å². The zero-order chi connectivity index (χ0) is 16.9. The van der Waals surface area contributed by atoms with Crippen molar-refractivity contribution < 1.29 is 13.9 Å². The lowest BCUT2D eigenvalue weighted by atomic mass is 10.2. The average Bonchev–Trinajstić information content (AvgIpc) is 3.07. The summed E-state index contributed by atoms with van der Waals surface area (Å²) in [6.45, 7) is 0.397. The van der Waals surface area contributed by atoms with Crippen LogP contribution in [0.1, 0.15) is 16.1 Å². The summed E-state index contributed by atoms with van der Waals surface area (Å²) < 4.78 is 19.8. The number of ether oxygens (including phenoxy) is 1. The van der Waals surface area contributed by atoms with E-state index in [1.165, 1.54) is 24.7 Å². The Hall–Kier alpha value is -2.99. The number of hydrogen-bond donors (Lipinski definition) is 1. The Morgan fingerprint density at radius 3 is 2.71 bits per heavy atom. The van der Waals surface area contributed by atoms with Gasteiger partial charge in [-0.25, -0.2) is 9.37 Å². The third-order valence-corrected chi connectivity index (χ3v) is 3.54. The van der Waals surface area contributed by atoms with Gasteiger partial charge in [0.15, 0.2) is 0 Å². The Morgan fingerprint density at radius 1 is 1.21 bits per heavy atom. The first-order valence-corrected chi connectivity index (χ1v) is 7.35. The van der Waals surface area contributed by atoms with Crippen LogP contribution in [0.5, 0.6) is 0 Å². The third-order valence-electron chi connectivity index (χ3n) is 3.54. The maximum absolute atomic E-state index is 13.1. The molecule has 0 saturated heterocycles. The van der Waals surface area contributed by atoms with E-state index in [0.29, 0.717) is 23.7 Å². The third kappa shape index (κ3) is 3.33. The summed E-state index contributed by atoms with van der Waals surface area (Å²) in [5.74, 6) is -0.640. The minimum absolute atomic E-state index is 0.305. The molecule has 0 bridgehead atoms. The second kappa shape index (κ2) is 7.06. The number of carbonyl (C=O) groups is 1. The summed E-state index contributed by atoms with van der Waals surface area (Å²) in [6.07, 6.45) is 2.99. The van der Waals surface area contributed by atoms with Crippen molar-refractivity contribution in [3.8, 4) is 5.69 Å². The van der Waals surface area contributed by atoms with Crippen molar-refractivity contribution in [2.75, 3.05) is 12.4 Å². The molecule has 1 aromatic heterocycles. The van der Waals surface area contributed by atoms with E-state index in [2.05, 4.69) is 10.3 Å². The quantitative estimate of drug-likeness (QED) is 0.782. The van der Waals surface area contributed by atoms with Crippen molar-refractivity contribution in [3.05, 3.63) is 78.1 Å². The van der Waals surface area contributed by atoms with Crippen LogP contribution in [0.15, 0.2) is 61.1 Å². The van der Waals surface area contributed by atoms with Crippen molar-refractivity contribution in [2.45, 2.75) is 6.61 Å². The maximum Gasteiger partial charge on any atom is 0.274 e. The Kier molecular flexibility index (Phi) is 4.67. The highest BCUT2D eigenvalue weighted by Crippen LogP contribution is 2.18. The van der Waals surface area contributed by atoms with E-state index in [1.54, 1.807) is 23.8 Å². The molecule has 0 unspecified atom stereocenters. The SMILES string of the molecule is COCc1ccccc1NC(=O)c1cncn1-c1ccc(F)cc1. The molecule has 1 N–H and O–H groups in total. The van der Waals surface area contributed by atoms with Gasteiger partial charge in [-0.3, -0.25) is 9.36 Å². The number of carbonyl (C=O) groups excluding carboxylic acids is 1. The normalized spacial score (nSPS) is 10.6. The average molecular weight is 325 g/mol. The molecule has 1 heterocycles. The Morgan fingerprint density at radius 2 is 1.96 bits per heavy atom. The number of para-hydroxylation sites is 1. The van der Waals surface area contributed by atoms with E-state index in [0.717, 1.165) is 5.56 Å². The molecule has 3 aromatic rings. The van der Waals surface area contributed by atoms with E-state index in [9.17, 15) is 9.18 Å². The van der Waals surface area contributed by atoms with Gasteiger partial charge in [0.25, 0.3) is 5.91 Å². The maximum atomic E-state index is 13.1. The predicted octanol–water partition coefficient (Wildman–Crippen LogP) is 3.41. The van der Waals surface area contributed by atoms with Crippen LogP contribution in [-0.2, 0) is 11.3 Å². The molecule has 0 aliphatic rings. The molecule has 2 aromatic carbocycles. The summed E-state index contributed by atoms with van der Waals surface area (Å²) in [7, 11) is 1.60. The number of methoxy groups -OCH3 is 1. The first-order chi connectivity index (χ1) is 11.7. The number of hydrogen-bond acceptors (Lipinski definition) is 3. The monoisotopic (exact) mass is 325 g/mol. The highest BCUT2D eigenvalue weighted by atomic mass is 19.1. The summed E-state index contributed by atoms with van der Waals surface area (Å²) in [4.78, 5) is 16.6. The molecule has 0 saturated carbocycles. The second-order valence-corrected chi connectivity index (χ2v) is 5.17. The summed E-state index contributed by atoms with van der Waals surface area (Å²) >= 11 is 0. The Labute approximate surface area is 138 Å². The number of benzene rings is 2. The zero-order valence-electron chi connectivity index (χ0n) is 13.1. The number of halogens is 1. The van der Waals surface area contributed by atoms with Crippen LogP contribution in [0.25, 0.3) is 5.69 Å². The number of aromatic nitrogens is 2. The highest BCUT2D eigenvalue weighted by molar-refractivity contribution is 6.03. The molecule has 122 valence electrons. The molecular weight excluding hydrogens is 309 g/mol. The molecule has 5 nitrogen and oxygen atoms in total. The molecule has 0 aliphatic carbocycles. The van der Waals surface area contributed by atoms with Gasteiger partial charge in [-0.1, -0.05) is 18.2 Å². The lowest BCUT2D eigenvalue weighted by Gasteiger charge is -2.12. The van der Waals surface area contributed by atoms with Crippen molar-refractivity contribution >= 4 is 11.6 Å². The van der Waals surface area contributed by atoms with Crippen LogP contribution in [0, 0.1) is 5.82 Å². The molecule has 24 heavy (non-hydrogen) atoms. The molecule has 3 rings (SSSR count). The molecule has 6 heteroatoms. The number of nitrogens with one attached hydrogen (secondary N) is 1. The van der Waals surface area contributed by atoms with Gasteiger partial charge in [0.05, 0.1) is 19.1 Å². The summed E-state index contributed by atoms with van der Waals surface area (Å²) in [6, 6.07) is 13.3. The van der Waals surface area contributed by atoms with Crippen LogP contribution < -0.4 is 5.32 Å². The second-order valence-electron chi connectivity index (χ2n) is 5.17. The van der Waals surface area contributed by atoms with Crippen LogP contribution >= 0.6 is 0 Å². The fourth-order valence-corrected chi connectivity index (χ4v) is 2.38. The van der Waals surface area contributed by atoms with Gasteiger partial charge in [0.2, 0.25) is 0 Å². The topological polar surface area (TPSA) is 56.1 Å². The van der Waals surface area contributed by atoms with Gasteiger partial charge in [-0.05, 0) is 30.3 Å². The first-order valence-electron chi connectivity index (χ1n) is 7.35. The van der Waals surface area contributed by atoms with Gasteiger partial charge in [-0.15, -0.1) is 0 Å². The van der Waals surface area contributed by atoms with Crippen molar-refractivity contribution in [1.29, 1.82) is 0 Å². The zero-order valence-corrected chi connectivity index (χ0v) is 13.1. The van der Waals surface area contributed by atoms with E-state index < -0.39 is 0 Å². The lowest BCUT2D eigenvalue weighted by molar-refractivity contribution is 0.102. The predicted molar refractivity (Wildman–Crippen MR) is 88.6 cm³/mol. The fraction of sp³-hybridized carbons (Fsp3) is 0.111. The smallest absolute Gasteiger partial charge is 0.274 e. The Bertz CT molecular complexity index is 843.